The first-order valence-electron chi connectivity index (χ1n) is 11.0. The van der Waals surface area contributed by atoms with E-state index in [0.717, 1.165) is 30.6 Å². The smallest absolute Gasteiger partial charge is 0.330 e. The molecule has 1 fully saturated rings. The summed E-state index contributed by atoms with van der Waals surface area (Å²) < 4.78 is 0. The van der Waals surface area contributed by atoms with Crippen molar-refractivity contribution in [1.82, 2.24) is 0 Å². The minimum absolute atomic E-state index is 0.447. The predicted molar refractivity (Wildman–Crippen MR) is 113 cm³/mol. The van der Waals surface area contributed by atoms with Gasteiger partial charge in [-0.15, -0.1) is 0 Å². The predicted octanol–water partition coefficient (Wildman–Crippen LogP) is 6.93. The van der Waals surface area contributed by atoms with Crippen molar-refractivity contribution in [3.63, 3.8) is 0 Å². The summed E-state index contributed by atoms with van der Waals surface area (Å²) in [6.07, 6.45) is 14.3. The van der Waals surface area contributed by atoms with Crippen LogP contribution in [0.25, 0.3) is 0 Å². The Morgan fingerprint density at radius 2 is 2.11 bits per heavy atom. The number of rotatable bonds is 5. The van der Waals surface area contributed by atoms with E-state index >= 15 is 0 Å². The van der Waals surface area contributed by atoms with Crippen LogP contribution in [-0.4, -0.2) is 11.1 Å². The molecule has 0 radical (unpaired) electrons. The molecule has 5 atom stereocenters. The summed E-state index contributed by atoms with van der Waals surface area (Å²) in [4.78, 5) is 11.0. The average Bonchev–Trinajstić information content (AvgIpc) is 3.12. The highest BCUT2D eigenvalue weighted by Crippen LogP contribution is 2.58. The first kappa shape index (κ1) is 20.4. The van der Waals surface area contributed by atoms with Crippen molar-refractivity contribution in [2.75, 3.05) is 0 Å². The molecule has 0 aromatic carbocycles. The van der Waals surface area contributed by atoms with Crippen LogP contribution >= 0.6 is 0 Å². The fourth-order valence-corrected chi connectivity index (χ4v) is 6.28. The number of hydrogen-bond donors (Lipinski definition) is 1. The highest BCUT2D eigenvalue weighted by atomic mass is 16.4. The van der Waals surface area contributed by atoms with Gasteiger partial charge in [-0.2, -0.15) is 0 Å². The monoisotopic (exact) mass is 370 g/mol. The van der Waals surface area contributed by atoms with Crippen molar-refractivity contribution < 1.29 is 9.90 Å². The van der Waals surface area contributed by atoms with Crippen LogP contribution in [0.5, 0.6) is 0 Å². The summed E-state index contributed by atoms with van der Waals surface area (Å²) in [6.45, 7) is 11.4. The third kappa shape index (κ3) is 4.10. The van der Waals surface area contributed by atoms with Crippen LogP contribution in [0.4, 0.5) is 0 Å². The molecule has 0 amide bonds. The van der Waals surface area contributed by atoms with Crippen LogP contribution in [-0.2, 0) is 4.79 Å². The van der Waals surface area contributed by atoms with E-state index in [1.807, 2.05) is 6.08 Å². The Bertz CT molecular complexity index is 680. The number of carboxylic acid groups (broad SMARTS) is 1. The molecule has 5 unspecified atom stereocenters. The van der Waals surface area contributed by atoms with E-state index in [1.54, 1.807) is 23.6 Å². The highest BCUT2D eigenvalue weighted by molar-refractivity contribution is 5.85. The molecule has 1 saturated carbocycles. The molecule has 0 heterocycles. The third-order valence-corrected chi connectivity index (χ3v) is 8.22. The van der Waals surface area contributed by atoms with Crippen LogP contribution < -0.4 is 0 Å². The van der Waals surface area contributed by atoms with Crippen molar-refractivity contribution >= 4 is 5.97 Å². The fourth-order valence-electron chi connectivity index (χ4n) is 6.28. The zero-order valence-electron chi connectivity index (χ0n) is 18.0. The van der Waals surface area contributed by atoms with Gasteiger partial charge in [-0.25, -0.2) is 4.79 Å². The maximum atomic E-state index is 11.0. The Labute approximate surface area is 165 Å². The lowest BCUT2D eigenvalue weighted by atomic mass is 9.65. The molecule has 2 nitrogen and oxygen atoms in total. The maximum Gasteiger partial charge on any atom is 0.330 e. The van der Waals surface area contributed by atoms with E-state index in [0.29, 0.717) is 16.9 Å². The average molecular weight is 371 g/mol. The molecule has 2 heteroatoms. The van der Waals surface area contributed by atoms with Gasteiger partial charge < -0.3 is 5.11 Å². The van der Waals surface area contributed by atoms with E-state index < -0.39 is 5.97 Å². The van der Waals surface area contributed by atoms with Crippen molar-refractivity contribution in [1.29, 1.82) is 0 Å². The van der Waals surface area contributed by atoms with E-state index in [2.05, 4.69) is 33.8 Å². The molecule has 0 aliphatic heterocycles. The molecule has 27 heavy (non-hydrogen) atoms. The van der Waals surface area contributed by atoms with Gasteiger partial charge in [0.05, 0.1) is 0 Å². The minimum Gasteiger partial charge on any atom is -0.478 e. The molecule has 0 saturated heterocycles. The van der Waals surface area contributed by atoms with Crippen molar-refractivity contribution in [2.45, 2.75) is 86.0 Å². The van der Waals surface area contributed by atoms with E-state index in [4.69, 9.17) is 5.11 Å². The maximum absolute atomic E-state index is 11.0. The van der Waals surface area contributed by atoms with Gasteiger partial charge in [-0.3, -0.25) is 0 Å². The van der Waals surface area contributed by atoms with E-state index in [9.17, 15) is 4.79 Å². The molecule has 3 aliphatic rings. The van der Waals surface area contributed by atoms with Gasteiger partial charge in [-0.1, -0.05) is 42.7 Å². The van der Waals surface area contributed by atoms with E-state index in [1.165, 1.54) is 38.5 Å². The molecule has 3 rings (SSSR count). The Balaban J connectivity index is 1.74. The first-order valence-corrected chi connectivity index (χ1v) is 11.0. The standard InChI is InChI=1S/C25H38O2/c1-16(7-6-8-19(4)24(26)27)21-13-14-25(5)15-22-18(3)9-11-20(22)17(2)10-12-23(21)25/h8,10,16,20-21,23H,6-7,9,11-15H2,1-5H3,(H,26,27). The second-order valence-corrected chi connectivity index (χ2v) is 9.97. The van der Waals surface area contributed by atoms with Gasteiger partial charge in [-0.05, 0) is 95.3 Å². The topological polar surface area (TPSA) is 37.3 Å². The SMILES string of the molecule is CC(=CCCC(C)C1CCC2(C)CC3=C(C)CCC3C(C)=CCC12)C(=O)O. The number of allylic oxidation sites excluding steroid dienone is 5. The molecule has 0 aromatic heterocycles. The van der Waals surface area contributed by atoms with Gasteiger partial charge >= 0.3 is 5.97 Å². The van der Waals surface area contributed by atoms with Gasteiger partial charge in [0.1, 0.15) is 0 Å². The number of hydrogen-bond acceptors (Lipinski definition) is 1. The van der Waals surface area contributed by atoms with Crippen LogP contribution in [0.15, 0.2) is 34.4 Å². The zero-order valence-corrected chi connectivity index (χ0v) is 18.0. The van der Waals surface area contributed by atoms with Gasteiger partial charge in [0.2, 0.25) is 0 Å². The largest absolute Gasteiger partial charge is 0.478 e. The number of carboxylic acids is 1. The molecule has 0 aromatic rings. The van der Waals surface area contributed by atoms with Gasteiger partial charge in [0.25, 0.3) is 0 Å². The van der Waals surface area contributed by atoms with Crippen LogP contribution in [0, 0.1) is 29.1 Å². The quantitative estimate of drug-likeness (QED) is 0.420. The lowest BCUT2D eigenvalue weighted by Crippen LogP contribution is -2.30. The summed E-state index contributed by atoms with van der Waals surface area (Å²) in [6, 6.07) is 0. The van der Waals surface area contributed by atoms with Crippen molar-refractivity contribution in [3.05, 3.63) is 34.4 Å². The molecule has 1 N–H and O–H groups in total. The Kier molecular flexibility index (Phi) is 6.03. The van der Waals surface area contributed by atoms with Gasteiger partial charge in [0, 0.05) is 11.5 Å². The number of fused-ring (bicyclic) bond motifs is 2. The van der Waals surface area contributed by atoms with Crippen molar-refractivity contribution in [3.8, 4) is 0 Å². The zero-order chi connectivity index (χ0) is 19.8. The summed E-state index contributed by atoms with van der Waals surface area (Å²) in [5.74, 6) is 2.15. The van der Waals surface area contributed by atoms with Gasteiger partial charge in [0.15, 0.2) is 0 Å². The number of carbonyl (C=O) groups is 1. The van der Waals surface area contributed by atoms with Crippen LogP contribution in [0.2, 0.25) is 0 Å². The highest BCUT2D eigenvalue weighted by Gasteiger charge is 2.48. The van der Waals surface area contributed by atoms with Crippen LogP contribution in [0.1, 0.15) is 86.0 Å². The van der Waals surface area contributed by atoms with Crippen LogP contribution in [0.3, 0.4) is 0 Å². The lowest BCUT2D eigenvalue weighted by molar-refractivity contribution is -0.132. The summed E-state index contributed by atoms with van der Waals surface area (Å²) >= 11 is 0. The molecular weight excluding hydrogens is 332 g/mol. The normalized spacial score (nSPS) is 35.2. The Morgan fingerprint density at radius 3 is 2.81 bits per heavy atom. The summed E-state index contributed by atoms with van der Waals surface area (Å²) in [5, 5.41) is 9.05. The Morgan fingerprint density at radius 1 is 1.37 bits per heavy atom. The summed E-state index contributed by atoms with van der Waals surface area (Å²) in [7, 11) is 0. The Hall–Kier alpha value is -1.31. The second-order valence-electron chi connectivity index (χ2n) is 9.97. The summed E-state index contributed by atoms with van der Waals surface area (Å²) in [5.41, 5.74) is 5.98. The fraction of sp³-hybridized carbons (Fsp3) is 0.720. The third-order valence-electron chi connectivity index (χ3n) is 8.22. The molecule has 3 aliphatic carbocycles. The number of aliphatic carboxylic acids is 1. The molecule has 0 spiro atoms. The lowest BCUT2D eigenvalue weighted by Gasteiger charge is -2.39. The van der Waals surface area contributed by atoms with Crippen molar-refractivity contribution in [2.24, 2.45) is 29.1 Å². The minimum atomic E-state index is -0.786. The second kappa shape index (κ2) is 7.97. The van der Waals surface area contributed by atoms with E-state index in [-0.39, 0.29) is 0 Å². The first-order chi connectivity index (χ1) is 12.7. The molecule has 0 bridgehead atoms. The molecular formula is C25H38O2. The molecule has 150 valence electrons.